The molecule has 5 nitrogen and oxygen atoms in total. The molecule has 0 amide bonds. The maximum atomic E-state index is 13.2. The van der Waals surface area contributed by atoms with Crippen LogP contribution in [0.4, 0.5) is 4.39 Å². The van der Waals surface area contributed by atoms with E-state index in [2.05, 4.69) is 0 Å². The topological polar surface area (TPSA) is 57.5 Å². The Morgan fingerprint density at radius 3 is 2.22 bits per heavy atom. The highest BCUT2D eigenvalue weighted by molar-refractivity contribution is 6.19. The fourth-order valence-corrected chi connectivity index (χ4v) is 3.86. The summed E-state index contributed by atoms with van der Waals surface area (Å²) in [6.07, 6.45) is 4.36. The largest absolute Gasteiger partial charge is 0.419 e. The molecule has 0 radical (unpaired) electrons. The van der Waals surface area contributed by atoms with Crippen LogP contribution < -0.4 is 0 Å². The second-order valence-electron chi connectivity index (χ2n) is 7.09. The zero-order valence-corrected chi connectivity index (χ0v) is 15.3. The van der Waals surface area contributed by atoms with Gasteiger partial charge in [-0.25, -0.2) is 14.0 Å². The third-order valence-corrected chi connectivity index (χ3v) is 5.22. The molecule has 0 atom stereocenters. The quantitative estimate of drug-likeness (QED) is 0.456. The summed E-state index contributed by atoms with van der Waals surface area (Å²) in [7, 11) is 0. The van der Waals surface area contributed by atoms with E-state index in [4.69, 9.17) is 9.47 Å². The molecule has 0 N–H and O–H groups in total. The molecule has 0 unspecified atom stereocenters. The number of benzene rings is 1. The van der Waals surface area contributed by atoms with Crippen molar-refractivity contribution < 1.29 is 23.5 Å². The first-order chi connectivity index (χ1) is 12.9. The molecule has 2 aliphatic rings. The molecule has 0 bridgehead atoms. The molecule has 1 aromatic heterocycles. The third kappa shape index (κ3) is 3.05. The van der Waals surface area contributed by atoms with Crippen molar-refractivity contribution in [1.82, 2.24) is 4.57 Å². The lowest BCUT2D eigenvalue weighted by Gasteiger charge is -2.32. The van der Waals surface area contributed by atoms with Crippen LogP contribution in [0.2, 0.25) is 0 Å². The van der Waals surface area contributed by atoms with Crippen LogP contribution in [0, 0.1) is 19.7 Å². The molecule has 1 saturated carbocycles. The molecule has 2 fully saturated rings. The van der Waals surface area contributed by atoms with Gasteiger partial charge in [0.25, 0.3) is 5.79 Å². The molecular formula is C21H20FNO4. The average Bonchev–Trinajstić information content (AvgIpc) is 3.17. The fourth-order valence-electron chi connectivity index (χ4n) is 3.86. The predicted octanol–water partition coefficient (Wildman–Crippen LogP) is 3.99. The van der Waals surface area contributed by atoms with E-state index in [1.807, 2.05) is 24.5 Å². The molecule has 1 aliphatic carbocycles. The van der Waals surface area contributed by atoms with E-state index in [1.54, 1.807) is 12.1 Å². The number of halogens is 1. The van der Waals surface area contributed by atoms with Gasteiger partial charge in [-0.05, 0) is 68.7 Å². The SMILES string of the molecule is Cc1cc(C=C2C(=O)OC3(CCCC3)OC2=O)c(C)n1-c1ccc(F)cc1. The number of hydrogen-bond acceptors (Lipinski definition) is 4. The first-order valence-electron chi connectivity index (χ1n) is 9.02. The van der Waals surface area contributed by atoms with Crippen molar-refractivity contribution in [2.45, 2.75) is 45.3 Å². The maximum absolute atomic E-state index is 13.2. The zero-order chi connectivity index (χ0) is 19.2. The second kappa shape index (κ2) is 6.37. The maximum Gasteiger partial charge on any atom is 0.348 e. The summed E-state index contributed by atoms with van der Waals surface area (Å²) in [6.45, 7) is 3.78. The molecule has 6 heteroatoms. The first kappa shape index (κ1) is 17.5. The van der Waals surface area contributed by atoms with Crippen molar-refractivity contribution in [3.05, 3.63) is 58.7 Å². The number of hydrogen-bond donors (Lipinski definition) is 0. The molecular weight excluding hydrogens is 349 g/mol. The Hall–Kier alpha value is -2.89. The van der Waals surface area contributed by atoms with E-state index in [-0.39, 0.29) is 11.4 Å². The van der Waals surface area contributed by atoms with Gasteiger partial charge in [0.15, 0.2) is 0 Å². The van der Waals surface area contributed by atoms with Gasteiger partial charge in [-0.1, -0.05) is 0 Å². The van der Waals surface area contributed by atoms with E-state index in [0.717, 1.165) is 29.9 Å². The number of aromatic nitrogens is 1. The second-order valence-corrected chi connectivity index (χ2v) is 7.09. The normalized spacial score (nSPS) is 18.6. The van der Waals surface area contributed by atoms with Gasteiger partial charge in [0.1, 0.15) is 11.4 Å². The molecule has 4 rings (SSSR count). The number of carbonyl (C=O) groups is 2. The van der Waals surface area contributed by atoms with Crippen molar-refractivity contribution in [1.29, 1.82) is 0 Å². The van der Waals surface area contributed by atoms with Crippen LogP contribution in [0.15, 0.2) is 35.9 Å². The fraction of sp³-hybridized carbons (Fsp3) is 0.333. The monoisotopic (exact) mass is 369 g/mol. The highest BCUT2D eigenvalue weighted by Crippen LogP contribution is 2.39. The van der Waals surface area contributed by atoms with Crippen LogP contribution in [0.3, 0.4) is 0 Å². The van der Waals surface area contributed by atoms with Gasteiger partial charge in [-0.2, -0.15) is 0 Å². The van der Waals surface area contributed by atoms with Gasteiger partial charge in [0.05, 0.1) is 0 Å². The molecule has 1 aromatic carbocycles. The summed E-state index contributed by atoms with van der Waals surface area (Å²) in [5, 5.41) is 0. The highest BCUT2D eigenvalue weighted by Gasteiger charge is 2.47. The van der Waals surface area contributed by atoms with Crippen molar-refractivity contribution >= 4 is 18.0 Å². The van der Waals surface area contributed by atoms with Crippen LogP contribution in [0.5, 0.6) is 0 Å². The molecule has 140 valence electrons. The van der Waals surface area contributed by atoms with Crippen LogP contribution in [-0.2, 0) is 19.1 Å². The number of esters is 2. The number of carbonyl (C=O) groups excluding carboxylic acids is 2. The number of aryl methyl sites for hydroxylation is 1. The highest BCUT2D eigenvalue weighted by atomic mass is 19.1. The van der Waals surface area contributed by atoms with Gasteiger partial charge >= 0.3 is 11.9 Å². The lowest BCUT2D eigenvalue weighted by atomic mass is 10.1. The van der Waals surface area contributed by atoms with E-state index in [0.29, 0.717) is 18.4 Å². The summed E-state index contributed by atoms with van der Waals surface area (Å²) >= 11 is 0. The van der Waals surface area contributed by atoms with E-state index < -0.39 is 17.7 Å². The summed E-state index contributed by atoms with van der Waals surface area (Å²) < 4.78 is 26.1. The molecule has 1 aliphatic heterocycles. The molecule has 1 saturated heterocycles. The van der Waals surface area contributed by atoms with Gasteiger partial charge in [0, 0.05) is 29.9 Å². The van der Waals surface area contributed by atoms with Crippen molar-refractivity contribution in [2.75, 3.05) is 0 Å². The first-order valence-corrected chi connectivity index (χ1v) is 9.02. The van der Waals surface area contributed by atoms with Gasteiger partial charge in [-0.15, -0.1) is 0 Å². The Labute approximate surface area is 156 Å². The summed E-state index contributed by atoms with van der Waals surface area (Å²) in [6, 6.07) is 8.01. The Morgan fingerprint density at radius 1 is 1.04 bits per heavy atom. The minimum atomic E-state index is -1.07. The van der Waals surface area contributed by atoms with Crippen LogP contribution in [0.1, 0.15) is 42.6 Å². The summed E-state index contributed by atoms with van der Waals surface area (Å²) in [4.78, 5) is 24.9. The van der Waals surface area contributed by atoms with Crippen molar-refractivity contribution in [2.24, 2.45) is 0 Å². The number of ether oxygens (including phenoxy) is 2. The van der Waals surface area contributed by atoms with Crippen LogP contribution in [-0.4, -0.2) is 22.3 Å². The molecule has 27 heavy (non-hydrogen) atoms. The van der Waals surface area contributed by atoms with E-state index in [1.165, 1.54) is 18.2 Å². The Balaban J connectivity index is 1.68. The molecule has 2 heterocycles. The zero-order valence-electron chi connectivity index (χ0n) is 15.3. The molecule has 1 spiro atoms. The van der Waals surface area contributed by atoms with E-state index in [9.17, 15) is 14.0 Å². The van der Waals surface area contributed by atoms with Gasteiger partial charge in [0.2, 0.25) is 0 Å². The van der Waals surface area contributed by atoms with Crippen molar-refractivity contribution in [3.8, 4) is 5.69 Å². The number of rotatable bonds is 2. The van der Waals surface area contributed by atoms with Crippen molar-refractivity contribution in [3.63, 3.8) is 0 Å². The lowest BCUT2D eigenvalue weighted by Crippen LogP contribution is -2.44. The summed E-state index contributed by atoms with van der Waals surface area (Å²) in [5.41, 5.74) is 3.13. The lowest BCUT2D eigenvalue weighted by molar-refractivity contribution is -0.232. The minimum Gasteiger partial charge on any atom is -0.419 e. The molecule has 2 aromatic rings. The van der Waals surface area contributed by atoms with E-state index >= 15 is 0 Å². The Bertz CT molecular complexity index is 927. The van der Waals surface area contributed by atoms with Crippen LogP contribution in [0.25, 0.3) is 11.8 Å². The summed E-state index contributed by atoms with van der Waals surface area (Å²) in [5.74, 6) is -2.66. The third-order valence-electron chi connectivity index (χ3n) is 5.22. The predicted molar refractivity (Wildman–Crippen MR) is 96.6 cm³/mol. The Morgan fingerprint density at radius 2 is 1.63 bits per heavy atom. The standard InChI is InChI=1S/C21H20FNO4/c1-13-11-15(14(2)23(13)17-7-5-16(22)6-8-17)12-18-19(24)26-21(27-20(18)25)9-3-4-10-21/h5-8,11-12H,3-4,9-10H2,1-2H3. The van der Waals surface area contributed by atoms with Gasteiger partial charge < -0.3 is 14.0 Å². The smallest absolute Gasteiger partial charge is 0.348 e. The van der Waals surface area contributed by atoms with Gasteiger partial charge in [-0.3, -0.25) is 0 Å². The number of nitrogens with zero attached hydrogens (tertiary/aromatic N) is 1. The average molecular weight is 369 g/mol. The Kier molecular flexibility index (Phi) is 4.13. The van der Waals surface area contributed by atoms with Crippen LogP contribution >= 0.6 is 0 Å². The minimum absolute atomic E-state index is 0.105.